The Morgan fingerprint density at radius 1 is 0.871 bits per heavy atom. The normalized spacial score (nSPS) is 15.8. The van der Waals surface area contributed by atoms with Crippen LogP contribution in [0.4, 0.5) is 5.69 Å². The Bertz CT molecular complexity index is 1170. The van der Waals surface area contributed by atoms with Gasteiger partial charge in [-0.2, -0.15) is 0 Å². The molecule has 3 aromatic carbocycles. The smallest absolute Gasteiger partial charge is 0.316 e. The van der Waals surface area contributed by atoms with Crippen molar-refractivity contribution in [3.05, 3.63) is 84.4 Å². The first-order valence-electron chi connectivity index (χ1n) is 11.0. The molecule has 0 spiro atoms. The lowest BCUT2D eigenvalue weighted by Crippen LogP contribution is -2.48. The molecule has 0 N–H and O–H groups in total. The maximum Gasteiger partial charge on any atom is 0.316 e. The molecule has 0 amide bonds. The Hall–Kier alpha value is -3.40. The first-order chi connectivity index (χ1) is 15.2. The van der Waals surface area contributed by atoms with E-state index in [1.54, 1.807) is 0 Å². The van der Waals surface area contributed by atoms with E-state index in [1.165, 1.54) is 5.69 Å². The molecule has 0 radical (unpaired) electrons. The summed E-state index contributed by atoms with van der Waals surface area (Å²) in [5.74, 6) is -0.106. The molecule has 0 atom stereocenters. The minimum Gasteiger partial charge on any atom is -0.465 e. The number of anilines is 1. The van der Waals surface area contributed by atoms with Crippen LogP contribution in [0.5, 0.6) is 0 Å². The van der Waals surface area contributed by atoms with E-state index in [2.05, 4.69) is 53.4 Å². The molecule has 0 aliphatic carbocycles. The van der Waals surface area contributed by atoms with Crippen LogP contribution >= 0.6 is 0 Å². The Balaban J connectivity index is 1.57. The van der Waals surface area contributed by atoms with E-state index in [9.17, 15) is 4.79 Å². The Morgan fingerprint density at radius 2 is 1.42 bits per heavy atom. The highest BCUT2D eigenvalue weighted by Crippen LogP contribution is 2.41. The predicted molar refractivity (Wildman–Crippen MR) is 125 cm³/mol. The zero-order valence-corrected chi connectivity index (χ0v) is 17.8. The molecule has 0 unspecified atom stereocenters. The van der Waals surface area contributed by atoms with E-state index in [1.807, 2.05) is 37.3 Å². The lowest BCUT2D eigenvalue weighted by molar-refractivity contribution is -0.151. The molecule has 2 heterocycles. The van der Waals surface area contributed by atoms with Crippen LogP contribution in [0.15, 0.2) is 78.9 Å². The van der Waals surface area contributed by atoms with Gasteiger partial charge in [-0.1, -0.05) is 66.7 Å². The van der Waals surface area contributed by atoms with Crippen molar-refractivity contribution >= 4 is 33.5 Å². The first kappa shape index (κ1) is 19.6. The number of aromatic nitrogens is 1. The number of ether oxygens (including phenoxy) is 1. The molecule has 4 heteroatoms. The average Bonchev–Trinajstić information content (AvgIpc) is 2.83. The molecular formula is C27H26N2O2. The van der Waals surface area contributed by atoms with Crippen LogP contribution in [0.1, 0.15) is 25.3 Å². The van der Waals surface area contributed by atoms with Gasteiger partial charge in [0.15, 0.2) is 0 Å². The van der Waals surface area contributed by atoms with E-state index in [4.69, 9.17) is 9.72 Å². The summed E-state index contributed by atoms with van der Waals surface area (Å²) in [4.78, 5) is 20.4. The fraction of sp³-hybridized carbons (Fsp3) is 0.259. The van der Waals surface area contributed by atoms with Gasteiger partial charge >= 0.3 is 5.97 Å². The molecule has 1 aliphatic rings. The van der Waals surface area contributed by atoms with Gasteiger partial charge in [0.05, 0.1) is 28.7 Å². The van der Waals surface area contributed by atoms with E-state index in [0.29, 0.717) is 6.61 Å². The number of benzene rings is 3. The van der Waals surface area contributed by atoms with Crippen LogP contribution in [-0.4, -0.2) is 30.6 Å². The number of rotatable bonds is 4. The fourth-order valence-corrected chi connectivity index (χ4v) is 4.91. The van der Waals surface area contributed by atoms with Crippen LogP contribution in [0, 0.1) is 0 Å². The summed E-state index contributed by atoms with van der Waals surface area (Å²) in [5, 5.41) is 2.31. The number of hydrogen-bond donors (Lipinski definition) is 0. The standard InChI is InChI=1S/C27H26N2O2/c1-2-31-26(30)27(20-10-4-3-5-11-20)16-18-29(19-17-27)25-21-12-6-8-14-23(21)28-24-15-9-7-13-22(24)25/h3-15H,2,16-19H2,1H3. The lowest BCUT2D eigenvalue weighted by Gasteiger charge is -2.41. The maximum absolute atomic E-state index is 13.1. The van der Waals surface area contributed by atoms with E-state index < -0.39 is 5.41 Å². The van der Waals surface area contributed by atoms with Gasteiger partial charge in [0.1, 0.15) is 0 Å². The summed E-state index contributed by atoms with van der Waals surface area (Å²) >= 11 is 0. The minimum atomic E-state index is -0.591. The second-order valence-electron chi connectivity index (χ2n) is 8.15. The van der Waals surface area contributed by atoms with Gasteiger partial charge in [-0.05, 0) is 37.5 Å². The number of carbonyl (C=O) groups is 1. The summed E-state index contributed by atoms with van der Waals surface area (Å²) in [6.07, 6.45) is 1.45. The van der Waals surface area contributed by atoms with E-state index in [-0.39, 0.29) is 5.97 Å². The molecule has 4 aromatic rings. The summed E-state index contributed by atoms with van der Waals surface area (Å²) in [6, 6.07) is 26.8. The highest BCUT2D eigenvalue weighted by molar-refractivity contribution is 6.08. The highest BCUT2D eigenvalue weighted by Gasteiger charge is 2.44. The van der Waals surface area contributed by atoms with Gasteiger partial charge in [-0.15, -0.1) is 0 Å². The highest BCUT2D eigenvalue weighted by atomic mass is 16.5. The maximum atomic E-state index is 13.1. The zero-order valence-electron chi connectivity index (χ0n) is 17.8. The number of carbonyl (C=O) groups excluding carboxylic acids is 1. The van der Waals surface area contributed by atoms with Crippen LogP contribution < -0.4 is 4.90 Å². The third kappa shape index (κ3) is 3.32. The molecule has 156 valence electrons. The number of piperidine rings is 1. The van der Waals surface area contributed by atoms with Crippen molar-refractivity contribution in [2.45, 2.75) is 25.2 Å². The summed E-state index contributed by atoms with van der Waals surface area (Å²) in [5.41, 5.74) is 3.68. The second-order valence-corrected chi connectivity index (χ2v) is 8.15. The van der Waals surface area contributed by atoms with Gasteiger partial charge in [0.2, 0.25) is 0 Å². The molecular weight excluding hydrogens is 384 g/mol. The molecule has 1 fully saturated rings. The van der Waals surface area contributed by atoms with Crippen molar-refractivity contribution in [2.75, 3.05) is 24.6 Å². The number of esters is 1. The molecule has 5 rings (SSSR count). The lowest BCUT2D eigenvalue weighted by atomic mass is 9.72. The van der Waals surface area contributed by atoms with Crippen molar-refractivity contribution in [1.82, 2.24) is 4.98 Å². The van der Waals surface area contributed by atoms with Crippen molar-refractivity contribution in [3.8, 4) is 0 Å². The number of hydrogen-bond acceptors (Lipinski definition) is 4. The van der Waals surface area contributed by atoms with Gasteiger partial charge in [0.25, 0.3) is 0 Å². The van der Waals surface area contributed by atoms with Crippen LogP contribution in [-0.2, 0) is 14.9 Å². The number of nitrogens with zero attached hydrogens (tertiary/aromatic N) is 2. The molecule has 31 heavy (non-hydrogen) atoms. The predicted octanol–water partition coefficient (Wildman–Crippen LogP) is 5.49. The Morgan fingerprint density at radius 3 is 2.00 bits per heavy atom. The van der Waals surface area contributed by atoms with Crippen LogP contribution in [0.25, 0.3) is 21.8 Å². The quantitative estimate of drug-likeness (QED) is 0.330. The SMILES string of the molecule is CCOC(=O)C1(c2ccccc2)CCN(c2c3ccccc3nc3ccccc23)CC1. The van der Waals surface area contributed by atoms with Crippen molar-refractivity contribution in [1.29, 1.82) is 0 Å². The Kier molecular flexibility index (Phi) is 5.06. The van der Waals surface area contributed by atoms with Crippen molar-refractivity contribution in [2.24, 2.45) is 0 Å². The third-order valence-electron chi connectivity index (χ3n) is 6.49. The fourth-order valence-electron chi connectivity index (χ4n) is 4.91. The number of para-hydroxylation sites is 2. The molecule has 0 bridgehead atoms. The molecule has 4 nitrogen and oxygen atoms in total. The van der Waals surface area contributed by atoms with E-state index >= 15 is 0 Å². The van der Waals surface area contributed by atoms with Gasteiger partial charge < -0.3 is 9.64 Å². The van der Waals surface area contributed by atoms with Gasteiger partial charge in [0, 0.05) is 23.9 Å². The summed E-state index contributed by atoms with van der Waals surface area (Å²) < 4.78 is 5.55. The zero-order chi connectivity index (χ0) is 21.3. The topological polar surface area (TPSA) is 42.4 Å². The minimum absolute atomic E-state index is 0.106. The van der Waals surface area contributed by atoms with Gasteiger partial charge in [-0.25, -0.2) is 4.98 Å². The summed E-state index contributed by atoms with van der Waals surface area (Å²) in [6.45, 7) is 3.84. The number of fused-ring (bicyclic) bond motifs is 2. The molecule has 0 saturated carbocycles. The van der Waals surface area contributed by atoms with E-state index in [0.717, 1.165) is 53.3 Å². The van der Waals surface area contributed by atoms with Crippen LogP contribution in [0.3, 0.4) is 0 Å². The van der Waals surface area contributed by atoms with Crippen molar-refractivity contribution < 1.29 is 9.53 Å². The average molecular weight is 411 g/mol. The molecule has 1 aromatic heterocycles. The number of pyridine rings is 1. The summed E-state index contributed by atoms with van der Waals surface area (Å²) in [7, 11) is 0. The first-order valence-corrected chi connectivity index (χ1v) is 11.0. The second kappa shape index (κ2) is 8.03. The monoisotopic (exact) mass is 410 g/mol. The van der Waals surface area contributed by atoms with Crippen molar-refractivity contribution in [3.63, 3.8) is 0 Å². The third-order valence-corrected chi connectivity index (χ3v) is 6.49. The van der Waals surface area contributed by atoms with Crippen LogP contribution in [0.2, 0.25) is 0 Å². The molecule has 1 saturated heterocycles. The van der Waals surface area contributed by atoms with Gasteiger partial charge in [-0.3, -0.25) is 4.79 Å². The largest absolute Gasteiger partial charge is 0.465 e. The molecule has 1 aliphatic heterocycles. The Labute approximate surface area is 182 Å².